The molecule has 0 atom stereocenters. The molecule has 0 unspecified atom stereocenters. The van der Waals surface area contributed by atoms with Crippen LogP contribution in [0, 0.1) is 0 Å². The van der Waals surface area contributed by atoms with E-state index in [9.17, 15) is 0 Å². The van der Waals surface area contributed by atoms with E-state index in [1.54, 1.807) is 7.11 Å². The molecule has 2 N–H and O–H groups in total. The summed E-state index contributed by atoms with van der Waals surface area (Å²) < 4.78 is 10.9. The van der Waals surface area contributed by atoms with Crippen LogP contribution in [0.2, 0.25) is 0 Å². The molecule has 0 aliphatic heterocycles. The summed E-state index contributed by atoms with van der Waals surface area (Å²) in [5, 5.41) is 0. The SMILES string of the molecule is COc1ccc(-c2ccccc2)cc1OCCN. The number of benzene rings is 2. The molecule has 3 heteroatoms. The molecule has 0 saturated carbocycles. The number of ether oxygens (including phenoxy) is 2. The lowest BCUT2D eigenvalue weighted by Gasteiger charge is -2.11. The first-order valence-electron chi connectivity index (χ1n) is 5.91. The minimum atomic E-state index is 0.481. The molecule has 2 aromatic carbocycles. The summed E-state index contributed by atoms with van der Waals surface area (Å²) >= 11 is 0. The molecule has 0 heterocycles. The zero-order chi connectivity index (χ0) is 12.8. The van der Waals surface area contributed by atoms with Gasteiger partial charge in [0, 0.05) is 6.54 Å². The van der Waals surface area contributed by atoms with E-state index < -0.39 is 0 Å². The van der Waals surface area contributed by atoms with E-state index in [1.165, 1.54) is 0 Å². The molecule has 0 aliphatic carbocycles. The first-order chi connectivity index (χ1) is 8.85. The fourth-order valence-corrected chi connectivity index (χ4v) is 1.77. The first-order valence-corrected chi connectivity index (χ1v) is 5.91. The summed E-state index contributed by atoms with van der Waals surface area (Å²) in [6, 6.07) is 16.1. The molecule has 0 spiro atoms. The molecule has 2 aromatic rings. The Kier molecular flexibility index (Phi) is 4.20. The van der Waals surface area contributed by atoms with Gasteiger partial charge in [-0.15, -0.1) is 0 Å². The summed E-state index contributed by atoms with van der Waals surface area (Å²) in [4.78, 5) is 0. The lowest BCUT2D eigenvalue weighted by atomic mass is 10.1. The Morgan fingerprint density at radius 1 is 0.944 bits per heavy atom. The van der Waals surface area contributed by atoms with Gasteiger partial charge in [-0.2, -0.15) is 0 Å². The third kappa shape index (κ3) is 2.81. The van der Waals surface area contributed by atoms with Crippen molar-refractivity contribution < 1.29 is 9.47 Å². The van der Waals surface area contributed by atoms with Gasteiger partial charge in [-0.25, -0.2) is 0 Å². The predicted octanol–water partition coefficient (Wildman–Crippen LogP) is 2.70. The standard InChI is InChI=1S/C15H17NO2/c1-17-14-8-7-13(11-15(14)18-10-9-16)12-5-3-2-4-6-12/h2-8,11H,9-10,16H2,1H3. The molecule has 0 fully saturated rings. The lowest BCUT2D eigenvalue weighted by molar-refractivity contribution is 0.303. The lowest BCUT2D eigenvalue weighted by Crippen LogP contribution is -2.11. The van der Waals surface area contributed by atoms with Gasteiger partial charge in [0.2, 0.25) is 0 Å². The summed E-state index contributed by atoms with van der Waals surface area (Å²) in [7, 11) is 1.63. The maximum absolute atomic E-state index is 5.59. The molecular formula is C15H17NO2. The zero-order valence-corrected chi connectivity index (χ0v) is 10.4. The highest BCUT2D eigenvalue weighted by Crippen LogP contribution is 2.32. The van der Waals surface area contributed by atoms with E-state index in [0.717, 1.165) is 22.6 Å². The molecule has 2 rings (SSSR count). The Morgan fingerprint density at radius 2 is 1.72 bits per heavy atom. The smallest absolute Gasteiger partial charge is 0.161 e. The molecule has 0 radical (unpaired) electrons. The molecule has 18 heavy (non-hydrogen) atoms. The number of methoxy groups -OCH3 is 1. The average Bonchev–Trinajstić information content (AvgIpc) is 2.45. The minimum absolute atomic E-state index is 0.481. The Balaban J connectivity index is 2.33. The van der Waals surface area contributed by atoms with Gasteiger partial charge >= 0.3 is 0 Å². The van der Waals surface area contributed by atoms with Crippen LogP contribution in [-0.4, -0.2) is 20.3 Å². The molecule has 3 nitrogen and oxygen atoms in total. The van der Waals surface area contributed by atoms with Gasteiger partial charge in [0.05, 0.1) is 7.11 Å². The van der Waals surface area contributed by atoms with E-state index >= 15 is 0 Å². The van der Waals surface area contributed by atoms with Crippen molar-refractivity contribution in [1.29, 1.82) is 0 Å². The Hall–Kier alpha value is -2.00. The van der Waals surface area contributed by atoms with Gasteiger partial charge in [0.25, 0.3) is 0 Å². The van der Waals surface area contributed by atoms with Gasteiger partial charge < -0.3 is 15.2 Å². The molecule has 0 amide bonds. The van der Waals surface area contributed by atoms with Crippen molar-refractivity contribution in [3.8, 4) is 22.6 Å². The van der Waals surface area contributed by atoms with Crippen LogP contribution in [0.4, 0.5) is 0 Å². The summed E-state index contributed by atoms with van der Waals surface area (Å²) in [6.45, 7) is 0.966. The van der Waals surface area contributed by atoms with Gasteiger partial charge in [-0.1, -0.05) is 36.4 Å². The van der Waals surface area contributed by atoms with E-state index in [-0.39, 0.29) is 0 Å². The van der Waals surface area contributed by atoms with Crippen molar-refractivity contribution in [2.24, 2.45) is 5.73 Å². The van der Waals surface area contributed by atoms with Crippen molar-refractivity contribution in [1.82, 2.24) is 0 Å². The number of rotatable bonds is 5. The number of hydrogen-bond donors (Lipinski definition) is 1. The molecule has 0 aliphatic rings. The first kappa shape index (κ1) is 12.5. The van der Waals surface area contributed by atoms with Gasteiger partial charge in [0.15, 0.2) is 11.5 Å². The average molecular weight is 243 g/mol. The fourth-order valence-electron chi connectivity index (χ4n) is 1.77. The maximum atomic E-state index is 5.59. The number of hydrogen-bond acceptors (Lipinski definition) is 3. The van der Waals surface area contributed by atoms with Gasteiger partial charge in [-0.05, 0) is 23.3 Å². The van der Waals surface area contributed by atoms with Crippen LogP contribution in [0.1, 0.15) is 0 Å². The third-order valence-electron chi connectivity index (χ3n) is 2.65. The topological polar surface area (TPSA) is 44.5 Å². The Bertz CT molecular complexity index is 497. The van der Waals surface area contributed by atoms with Crippen LogP contribution in [0.5, 0.6) is 11.5 Å². The molecule has 94 valence electrons. The second kappa shape index (κ2) is 6.07. The van der Waals surface area contributed by atoms with Gasteiger partial charge in [-0.3, -0.25) is 0 Å². The summed E-state index contributed by atoms with van der Waals surface area (Å²) in [5.41, 5.74) is 7.70. The highest BCUT2D eigenvalue weighted by Gasteiger charge is 2.06. The molecule has 0 saturated heterocycles. The largest absolute Gasteiger partial charge is 0.493 e. The van der Waals surface area contributed by atoms with E-state index in [0.29, 0.717) is 13.2 Å². The van der Waals surface area contributed by atoms with Crippen molar-refractivity contribution >= 4 is 0 Å². The highest BCUT2D eigenvalue weighted by molar-refractivity contribution is 5.67. The highest BCUT2D eigenvalue weighted by atomic mass is 16.5. The molecule has 0 aromatic heterocycles. The maximum Gasteiger partial charge on any atom is 0.161 e. The van der Waals surface area contributed by atoms with Gasteiger partial charge in [0.1, 0.15) is 6.61 Å². The molecule has 0 bridgehead atoms. The van der Waals surface area contributed by atoms with Crippen LogP contribution in [0.15, 0.2) is 48.5 Å². The van der Waals surface area contributed by atoms with E-state index in [2.05, 4.69) is 12.1 Å². The second-order valence-electron chi connectivity index (χ2n) is 3.87. The van der Waals surface area contributed by atoms with E-state index in [4.69, 9.17) is 15.2 Å². The van der Waals surface area contributed by atoms with Crippen molar-refractivity contribution in [3.05, 3.63) is 48.5 Å². The quantitative estimate of drug-likeness (QED) is 0.878. The monoisotopic (exact) mass is 243 g/mol. The van der Waals surface area contributed by atoms with Crippen LogP contribution in [-0.2, 0) is 0 Å². The summed E-state index contributed by atoms with van der Waals surface area (Å²) in [6.07, 6.45) is 0. The second-order valence-corrected chi connectivity index (χ2v) is 3.87. The zero-order valence-electron chi connectivity index (χ0n) is 10.4. The Labute approximate surface area is 107 Å². The van der Waals surface area contributed by atoms with Crippen LogP contribution in [0.25, 0.3) is 11.1 Å². The van der Waals surface area contributed by atoms with Crippen molar-refractivity contribution in [2.45, 2.75) is 0 Å². The van der Waals surface area contributed by atoms with Crippen LogP contribution >= 0.6 is 0 Å². The number of nitrogens with two attached hydrogens (primary N) is 1. The van der Waals surface area contributed by atoms with Crippen molar-refractivity contribution in [3.63, 3.8) is 0 Å². The van der Waals surface area contributed by atoms with E-state index in [1.807, 2.05) is 36.4 Å². The third-order valence-corrected chi connectivity index (χ3v) is 2.65. The van der Waals surface area contributed by atoms with Crippen LogP contribution < -0.4 is 15.2 Å². The van der Waals surface area contributed by atoms with Crippen molar-refractivity contribution in [2.75, 3.05) is 20.3 Å². The summed E-state index contributed by atoms with van der Waals surface area (Å²) in [5.74, 6) is 1.45. The Morgan fingerprint density at radius 3 is 2.39 bits per heavy atom. The fraction of sp³-hybridized carbons (Fsp3) is 0.200. The minimum Gasteiger partial charge on any atom is -0.493 e. The molecular weight excluding hydrogens is 226 g/mol. The normalized spacial score (nSPS) is 10.1. The van der Waals surface area contributed by atoms with Crippen LogP contribution in [0.3, 0.4) is 0 Å². The predicted molar refractivity (Wildman–Crippen MR) is 73.0 cm³/mol.